The molecule has 1 aliphatic rings. The SMILES string of the molecule is CN(C)C(=O)Cn1cc(C(=O)N[C@@H](c2ccc(Cl)cc2)C2CC2)nn1. The molecular formula is C17H20ClN5O2. The smallest absolute Gasteiger partial charge is 0.273 e. The molecule has 7 nitrogen and oxygen atoms in total. The van der Waals surface area contributed by atoms with Crippen molar-refractivity contribution >= 4 is 23.4 Å². The molecule has 2 aromatic rings. The molecule has 132 valence electrons. The molecule has 0 bridgehead atoms. The molecule has 1 N–H and O–H groups in total. The van der Waals surface area contributed by atoms with Crippen molar-refractivity contribution in [3.63, 3.8) is 0 Å². The number of aromatic nitrogens is 3. The summed E-state index contributed by atoms with van der Waals surface area (Å²) in [6.07, 6.45) is 3.65. The van der Waals surface area contributed by atoms with E-state index in [4.69, 9.17) is 11.6 Å². The van der Waals surface area contributed by atoms with Crippen molar-refractivity contribution in [2.75, 3.05) is 14.1 Å². The minimum absolute atomic E-state index is 0.0521. The van der Waals surface area contributed by atoms with Crippen LogP contribution in [0.4, 0.5) is 0 Å². The highest BCUT2D eigenvalue weighted by Crippen LogP contribution is 2.41. The van der Waals surface area contributed by atoms with Crippen molar-refractivity contribution in [1.29, 1.82) is 0 Å². The van der Waals surface area contributed by atoms with Gasteiger partial charge in [-0.05, 0) is 36.5 Å². The van der Waals surface area contributed by atoms with E-state index in [2.05, 4.69) is 15.6 Å². The maximum absolute atomic E-state index is 12.5. The maximum Gasteiger partial charge on any atom is 0.273 e. The molecule has 1 heterocycles. The minimum Gasteiger partial charge on any atom is -0.347 e. The van der Waals surface area contributed by atoms with Crippen LogP contribution in [-0.4, -0.2) is 45.8 Å². The van der Waals surface area contributed by atoms with Gasteiger partial charge in [-0.2, -0.15) is 0 Å². The number of hydrogen-bond acceptors (Lipinski definition) is 4. The Morgan fingerprint density at radius 1 is 1.32 bits per heavy atom. The zero-order valence-corrected chi connectivity index (χ0v) is 14.9. The number of hydrogen-bond donors (Lipinski definition) is 1. The van der Waals surface area contributed by atoms with Crippen LogP contribution in [0, 0.1) is 5.92 Å². The fourth-order valence-corrected chi connectivity index (χ4v) is 2.67. The lowest BCUT2D eigenvalue weighted by atomic mass is 10.0. The Labute approximate surface area is 150 Å². The molecule has 1 aliphatic carbocycles. The molecule has 2 amide bonds. The van der Waals surface area contributed by atoms with E-state index in [1.807, 2.05) is 24.3 Å². The van der Waals surface area contributed by atoms with Gasteiger partial charge in [-0.1, -0.05) is 28.9 Å². The number of nitrogens with zero attached hydrogens (tertiary/aromatic N) is 4. The van der Waals surface area contributed by atoms with Crippen LogP contribution in [0.5, 0.6) is 0 Å². The van der Waals surface area contributed by atoms with E-state index in [0.29, 0.717) is 10.9 Å². The summed E-state index contributed by atoms with van der Waals surface area (Å²) in [5.41, 5.74) is 1.22. The number of carbonyl (C=O) groups excluding carboxylic acids is 2. The Bertz CT molecular complexity index is 768. The van der Waals surface area contributed by atoms with Crippen molar-refractivity contribution in [3.05, 3.63) is 46.7 Å². The standard InChI is InChI=1S/C17H20ClN5O2/c1-22(2)15(24)10-23-9-14(20-21-23)17(25)19-16(11-3-4-11)12-5-7-13(18)8-6-12/h5-9,11,16H,3-4,10H2,1-2H3,(H,19,25)/t16-/m1/s1. The number of benzene rings is 1. The summed E-state index contributed by atoms with van der Waals surface area (Å²) in [6.45, 7) is 0.0521. The number of likely N-dealkylation sites (N-methyl/N-ethyl adjacent to an activating group) is 1. The van der Waals surface area contributed by atoms with Crippen LogP contribution in [-0.2, 0) is 11.3 Å². The molecule has 1 aromatic heterocycles. The number of carbonyl (C=O) groups is 2. The summed E-state index contributed by atoms with van der Waals surface area (Å²) in [7, 11) is 3.33. The fourth-order valence-electron chi connectivity index (χ4n) is 2.55. The topological polar surface area (TPSA) is 80.1 Å². The first-order chi connectivity index (χ1) is 11.9. The second-order valence-electron chi connectivity index (χ2n) is 6.43. The maximum atomic E-state index is 12.5. The van der Waals surface area contributed by atoms with Crippen molar-refractivity contribution in [2.24, 2.45) is 5.92 Å². The van der Waals surface area contributed by atoms with Crippen LogP contribution in [0.1, 0.15) is 34.9 Å². The van der Waals surface area contributed by atoms with Crippen molar-refractivity contribution in [2.45, 2.75) is 25.4 Å². The van der Waals surface area contributed by atoms with E-state index in [-0.39, 0.29) is 30.1 Å². The van der Waals surface area contributed by atoms with Crippen LogP contribution in [0.2, 0.25) is 5.02 Å². The normalized spacial score (nSPS) is 14.8. The minimum atomic E-state index is -0.296. The number of rotatable bonds is 6. The van der Waals surface area contributed by atoms with Gasteiger partial charge in [0.05, 0.1) is 12.2 Å². The van der Waals surface area contributed by atoms with Gasteiger partial charge in [-0.25, -0.2) is 4.68 Å². The Balaban J connectivity index is 1.69. The fraction of sp³-hybridized carbons (Fsp3) is 0.412. The van der Waals surface area contributed by atoms with Gasteiger partial charge in [0.25, 0.3) is 5.91 Å². The largest absolute Gasteiger partial charge is 0.347 e. The van der Waals surface area contributed by atoms with Gasteiger partial charge >= 0.3 is 0 Å². The number of amides is 2. The van der Waals surface area contributed by atoms with Gasteiger partial charge in [-0.3, -0.25) is 9.59 Å². The Hall–Kier alpha value is -2.41. The third-order valence-electron chi connectivity index (χ3n) is 4.18. The highest BCUT2D eigenvalue weighted by Gasteiger charge is 2.34. The van der Waals surface area contributed by atoms with Gasteiger partial charge in [0.15, 0.2) is 5.69 Å². The lowest BCUT2D eigenvalue weighted by Crippen LogP contribution is -2.30. The summed E-state index contributed by atoms with van der Waals surface area (Å²) in [6, 6.07) is 7.43. The molecule has 0 radical (unpaired) electrons. The van der Waals surface area contributed by atoms with E-state index in [9.17, 15) is 9.59 Å². The van der Waals surface area contributed by atoms with Crippen LogP contribution >= 0.6 is 11.6 Å². The van der Waals surface area contributed by atoms with E-state index in [1.54, 1.807) is 14.1 Å². The molecule has 25 heavy (non-hydrogen) atoms. The summed E-state index contributed by atoms with van der Waals surface area (Å²) in [4.78, 5) is 25.7. The molecule has 0 spiro atoms. The van der Waals surface area contributed by atoms with Gasteiger partial charge < -0.3 is 10.2 Å². The zero-order chi connectivity index (χ0) is 18.0. The molecule has 1 saturated carbocycles. The molecule has 0 unspecified atom stereocenters. The van der Waals surface area contributed by atoms with Gasteiger partial charge in [0.1, 0.15) is 6.54 Å². The predicted octanol–water partition coefficient (Wildman–Crippen LogP) is 1.90. The van der Waals surface area contributed by atoms with Crippen LogP contribution < -0.4 is 5.32 Å². The molecule has 0 aliphatic heterocycles. The van der Waals surface area contributed by atoms with Crippen molar-refractivity contribution < 1.29 is 9.59 Å². The molecule has 1 aromatic carbocycles. The average Bonchev–Trinajstić information content (AvgIpc) is 3.32. The Morgan fingerprint density at radius 3 is 2.60 bits per heavy atom. The van der Waals surface area contributed by atoms with Crippen LogP contribution in [0.15, 0.2) is 30.5 Å². The zero-order valence-electron chi connectivity index (χ0n) is 14.1. The van der Waals surface area contributed by atoms with Crippen molar-refractivity contribution in [3.8, 4) is 0 Å². The lowest BCUT2D eigenvalue weighted by molar-refractivity contribution is -0.129. The Kier molecular flexibility index (Phi) is 5.03. The molecule has 0 saturated heterocycles. The highest BCUT2D eigenvalue weighted by atomic mass is 35.5. The second-order valence-corrected chi connectivity index (χ2v) is 6.87. The first-order valence-electron chi connectivity index (χ1n) is 8.10. The monoisotopic (exact) mass is 361 g/mol. The van der Waals surface area contributed by atoms with Gasteiger partial charge in [0, 0.05) is 19.1 Å². The quantitative estimate of drug-likeness (QED) is 0.852. The molecule has 3 rings (SSSR count). The van der Waals surface area contributed by atoms with Crippen LogP contribution in [0.25, 0.3) is 0 Å². The van der Waals surface area contributed by atoms with E-state index < -0.39 is 0 Å². The van der Waals surface area contributed by atoms with Gasteiger partial charge in [0.2, 0.25) is 5.91 Å². The summed E-state index contributed by atoms with van der Waals surface area (Å²) in [5.74, 6) is 0.0137. The predicted molar refractivity (Wildman–Crippen MR) is 93.1 cm³/mol. The highest BCUT2D eigenvalue weighted by molar-refractivity contribution is 6.30. The van der Waals surface area contributed by atoms with E-state index in [0.717, 1.165) is 18.4 Å². The van der Waals surface area contributed by atoms with E-state index in [1.165, 1.54) is 15.8 Å². The summed E-state index contributed by atoms with van der Waals surface area (Å²) < 4.78 is 1.37. The third-order valence-corrected chi connectivity index (χ3v) is 4.43. The number of nitrogens with one attached hydrogen (secondary N) is 1. The first-order valence-corrected chi connectivity index (χ1v) is 8.48. The van der Waals surface area contributed by atoms with Crippen LogP contribution in [0.3, 0.4) is 0 Å². The molecule has 1 fully saturated rings. The average molecular weight is 362 g/mol. The van der Waals surface area contributed by atoms with Crippen molar-refractivity contribution in [1.82, 2.24) is 25.2 Å². The van der Waals surface area contributed by atoms with E-state index >= 15 is 0 Å². The molecule has 8 heteroatoms. The summed E-state index contributed by atoms with van der Waals surface area (Å²) >= 11 is 5.94. The second kappa shape index (κ2) is 7.23. The molecular weight excluding hydrogens is 342 g/mol. The number of halogens is 1. The third kappa shape index (κ3) is 4.36. The molecule has 1 atom stereocenters. The Morgan fingerprint density at radius 2 is 2.00 bits per heavy atom. The first kappa shape index (κ1) is 17.4. The lowest BCUT2D eigenvalue weighted by Gasteiger charge is -2.18. The summed E-state index contributed by atoms with van der Waals surface area (Å²) in [5, 5.41) is 11.4. The van der Waals surface area contributed by atoms with Gasteiger partial charge in [-0.15, -0.1) is 5.10 Å².